The van der Waals surface area contributed by atoms with Gasteiger partial charge in [-0.2, -0.15) is 0 Å². The van der Waals surface area contributed by atoms with Gasteiger partial charge in [0.25, 0.3) is 5.91 Å². The number of nitrogens with two attached hydrogens (primary N) is 1. The fraction of sp³-hybridized carbons (Fsp3) is 0.462. The van der Waals surface area contributed by atoms with Crippen molar-refractivity contribution in [1.82, 2.24) is 5.32 Å². The number of anilines is 1. The van der Waals surface area contributed by atoms with Crippen LogP contribution < -0.4 is 11.1 Å². The van der Waals surface area contributed by atoms with Gasteiger partial charge in [-0.1, -0.05) is 20.8 Å². The van der Waals surface area contributed by atoms with Crippen LogP contribution in [0.4, 0.5) is 5.69 Å². The average molecular weight is 236 g/mol. The van der Waals surface area contributed by atoms with Gasteiger partial charge in [0.05, 0.1) is 5.69 Å². The second-order valence-corrected chi connectivity index (χ2v) is 5.34. The molecule has 0 atom stereocenters. The molecule has 1 rings (SSSR count). The van der Waals surface area contributed by atoms with E-state index in [2.05, 4.69) is 26.1 Å². The van der Waals surface area contributed by atoms with E-state index in [1.165, 1.54) is 12.1 Å². The molecule has 4 nitrogen and oxygen atoms in total. The summed E-state index contributed by atoms with van der Waals surface area (Å²) in [6.07, 6.45) is 0.902. The molecular weight excluding hydrogens is 216 g/mol. The molecule has 0 heterocycles. The Morgan fingerprint density at radius 3 is 2.59 bits per heavy atom. The number of hydrogen-bond acceptors (Lipinski definition) is 3. The molecule has 4 N–H and O–H groups in total. The lowest BCUT2D eigenvalue weighted by molar-refractivity contribution is 0.0949. The Morgan fingerprint density at radius 1 is 1.41 bits per heavy atom. The van der Waals surface area contributed by atoms with Crippen molar-refractivity contribution >= 4 is 11.6 Å². The van der Waals surface area contributed by atoms with Crippen LogP contribution in [0.2, 0.25) is 0 Å². The van der Waals surface area contributed by atoms with Crippen molar-refractivity contribution in [1.29, 1.82) is 0 Å². The van der Waals surface area contributed by atoms with Crippen LogP contribution in [0.5, 0.6) is 5.75 Å². The maximum Gasteiger partial charge on any atom is 0.251 e. The number of benzene rings is 1. The van der Waals surface area contributed by atoms with Gasteiger partial charge in [-0.15, -0.1) is 0 Å². The number of carbonyl (C=O) groups is 1. The third-order valence-electron chi connectivity index (χ3n) is 2.45. The van der Waals surface area contributed by atoms with Gasteiger partial charge in [0, 0.05) is 12.1 Å². The molecular formula is C13H20N2O2. The van der Waals surface area contributed by atoms with Crippen molar-refractivity contribution in [2.24, 2.45) is 5.41 Å². The van der Waals surface area contributed by atoms with Crippen LogP contribution in [-0.2, 0) is 0 Å². The molecule has 94 valence electrons. The first kappa shape index (κ1) is 13.4. The van der Waals surface area contributed by atoms with E-state index in [-0.39, 0.29) is 22.8 Å². The maximum atomic E-state index is 11.7. The number of nitrogens with one attached hydrogen (secondary N) is 1. The van der Waals surface area contributed by atoms with Crippen LogP contribution >= 0.6 is 0 Å². The fourth-order valence-electron chi connectivity index (χ4n) is 1.34. The van der Waals surface area contributed by atoms with Crippen molar-refractivity contribution < 1.29 is 9.90 Å². The summed E-state index contributed by atoms with van der Waals surface area (Å²) in [6.45, 7) is 6.98. The SMILES string of the molecule is CC(C)(C)CCNC(=O)c1ccc(N)c(O)c1. The molecule has 0 saturated carbocycles. The molecule has 1 amide bonds. The van der Waals surface area contributed by atoms with Crippen molar-refractivity contribution in [2.45, 2.75) is 27.2 Å². The lowest BCUT2D eigenvalue weighted by atomic mass is 9.92. The Morgan fingerprint density at radius 2 is 2.06 bits per heavy atom. The van der Waals surface area contributed by atoms with Crippen LogP contribution in [-0.4, -0.2) is 17.6 Å². The number of phenols is 1. The number of amides is 1. The lowest BCUT2D eigenvalue weighted by Gasteiger charge is -2.18. The summed E-state index contributed by atoms with van der Waals surface area (Å²) < 4.78 is 0. The maximum absolute atomic E-state index is 11.7. The first-order valence-corrected chi connectivity index (χ1v) is 5.66. The van der Waals surface area contributed by atoms with Gasteiger partial charge in [-0.25, -0.2) is 0 Å². The lowest BCUT2D eigenvalue weighted by Crippen LogP contribution is -2.27. The molecule has 0 spiro atoms. The topological polar surface area (TPSA) is 75.4 Å². The van der Waals surface area contributed by atoms with Crippen molar-refractivity contribution in [3.63, 3.8) is 0 Å². The number of rotatable bonds is 3. The predicted octanol–water partition coefficient (Wildman–Crippen LogP) is 2.14. The largest absolute Gasteiger partial charge is 0.506 e. The number of nitrogen functional groups attached to an aromatic ring is 1. The number of phenolic OH excluding ortho intramolecular Hbond substituents is 1. The van der Waals surface area contributed by atoms with E-state index in [0.717, 1.165) is 6.42 Å². The van der Waals surface area contributed by atoms with E-state index in [1.54, 1.807) is 6.07 Å². The Labute approximate surface area is 102 Å². The van der Waals surface area contributed by atoms with Gasteiger partial charge in [-0.3, -0.25) is 4.79 Å². The van der Waals surface area contributed by atoms with Gasteiger partial charge in [0.2, 0.25) is 0 Å². The zero-order valence-electron chi connectivity index (χ0n) is 10.6. The monoisotopic (exact) mass is 236 g/mol. The highest BCUT2D eigenvalue weighted by atomic mass is 16.3. The van der Waals surface area contributed by atoms with Gasteiger partial charge >= 0.3 is 0 Å². The minimum Gasteiger partial charge on any atom is -0.506 e. The standard InChI is InChI=1S/C13H20N2O2/c1-13(2,3)6-7-15-12(17)9-4-5-10(14)11(16)8-9/h4-5,8,16H,6-7,14H2,1-3H3,(H,15,17). The average Bonchev–Trinajstić information content (AvgIpc) is 2.20. The highest BCUT2D eigenvalue weighted by molar-refractivity contribution is 5.95. The second-order valence-electron chi connectivity index (χ2n) is 5.34. The number of aromatic hydroxyl groups is 1. The second kappa shape index (κ2) is 5.08. The summed E-state index contributed by atoms with van der Waals surface area (Å²) >= 11 is 0. The van der Waals surface area contributed by atoms with E-state index < -0.39 is 0 Å². The zero-order chi connectivity index (χ0) is 13.1. The summed E-state index contributed by atoms with van der Waals surface area (Å²) in [5.41, 5.74) is 6.35. The van der Waals surface area contributed by atoms with Gasteiger partial charge in [0.1, 0.15) is 5.75 Å². The van der Waals surface area contributed by atoms with E-state index in [0.29, 0.717) is 12.1 Å². The molecule has 0 bridgehead atoms. The molecule has 0 aliphatic rings. The molecule has 0 aliphatic carbocycles. The van der Waals surface area contributed by atoms with Crippen molar-refractivity contribution in [3.05, 3.63) is 23.8 Å². The quantitative estimate of drug-likeness (QED) is 0.556. The molecule has 0 radical (unpaired) electrons. The van der Waals surface area contributed by atoms with Crippen LogP contribution in [0.15, 0.2) is 18.2 Å². The molecule has 0 unspecified atom stereocenters. The molecule has 0 aromatic heterocycles. The Kier molecular flexibility index (Phi) is 3.99. The molecule has 1 aromatic rings. The van der Waals surface area contributed by atoms with Crippen LogP contribution in [0.3, 0.4) is 0 Å². The summed E-state index contributed by atoms with van der Waals surface area (Å²) in [5.74, 6) is -0.252. The third kappa shape index (κ3) is 4.34. The Balaban J connectivity index is 2.56. The highest BCUT2D eigenvalue weighted by Crippen LogP contribution is 2.21. The normalized spacial score (nSPS) is 11.2. The van der Waals surface area contributed by atoms with E-state index in [9.17, 15) is 9.90 Å². The van der Waals surface area contributed by atoms with Crippen molar-refractivity contribution in [3.8, 4) is 5.75 Å². The summed E-state index contributed by atoms with van der Waals surface area (Å²) in [7, 11) is 0. The van der Waals surface area contributed by atoms with Crippen LogP contribution in [0.25, 0.3) is 0 Å². The fourth-order valence-corrected chi connectivity index (χ4v) is 1.34. The van der Waals surface area contributed by atoms with E-state index in [4.69, 9.17) is 5.73 Å². The predicted molar refractivity (Wildman–Crippen MR) is 68.9 cm³/mol. The highest BCUT2D eigenvalue weighted by Gasteiger charge is 2.12. The Bertz CT molecular complexity index is 408. The zero-order valence-corrected chi connectivity index (χ0v) is 10.6. The first-order valence-electron chi connectivity index (χ1n) is 5.66. The summed E-state index contributed by atoms with van der Waals surface area (Å²) in [4.78, 5) is 11.7. The summed E-state index contributed by atoms with van der Waals surface area (Å²) in [6, 6.07) is 4.50. The van der Waals surface area contributed by atoms with Gasteiger partial charge in [0.15, 0.2) is 0 Å². The molecule has 4 heteroatoms. The van der Waals surface area contributed by atoms with E-state index >= 15 is 0 Å². The number of carbonyl (C=O) groups excluding carboxylic acids is 1. The number of hydrogen-bond donors (Lipinski definition) is 3. The molecule has 1 aromatic carbocycles. The molecule has 17 heavy (non-hydrogen) atoms. The van der Waals surface area contributed by atoms with Gasteiger partial charge < -0.3 is 16.2 Å². The van der Waals surface area contributed by atoms with Crippen LogP contribution in [0, 0.1) is 5.41 Å². The molecule has 0 fully saturated rings. The minimum atomic E-state index is -0.190. The third-order valence-corrected chi connectivity index (χ3v) is 2.45. The molecule has 0 saturated heterocycles. The van der Waals surface area contributed by atoms with Crippen LogP contribution in [0.1, 0.15) is 37.6 Å². The molecule has 0 aliphatic heterocycles. The first-order chi connectivity index (χ1) is 7.79. The Hall–Kier alpha value is -1.71. The van der Waals surface area contributed by atoms with Gasteiger partial charge in [-0.05, 0) is 30.0 Å². The summed E-state index contributed by atoms with van der Waals surface area (Å²) in [5, 5.41) is 12.2. The van der Waals surface area contributed by atoms with E-state index in [1.807, 2.05) is 0 Å². The smallest absolute Gasteiger partial charge is 0.251 e. The van der Waals surface area contributed by atoms with Crippen molar-refractivity contribution in [2.75, 3.05) is 12.3 Å². The minimum absolute atomic E-state index is 0.0616.